The second-order valence-electron chi connectivity index (χ2n) is 3.79. The van der Waals surface area contributed by atoms with Gasteiger partial charge in [-0.25, -0.2) is 9.78 Å². The lowest BCUT2D eigenvalue weighted by Crippen LogP contribution is -2.10. The fourth-order valence-electron chi connectivity index (χ4n) is 1.48. The summed E-state index contributed by atoms with van der Waals surface area (Å²) < 4.78 is 5.36. The van der Waals surface area contributed by atoms with Crippen LogP contribution in [0.25, 0.3) is 0 Å². The molecule has 3 N–H and O–H groups in total. The number of aromatic nitrogens is 1. The van der Waals surface area contributed by atoms with Crippen molar-refractivity contribution < 1.29 is 19.4 Å². The summed E-state index contributed by atoms with van der Waals surface area (Å²) in [5.41, 5.74) is 5.25. The molecule has 0 fully saturated rings. The Labute approximate surface area is 118 Å². The van der Waals surface area contributed by atoms with Crippen molar-refractivity contribution in [3.8, 4) is 11.6 Å². The molecule has 0 bridgehead atoms. The summed E-state index contributed by atoms with van der Waals surface area (Å²) in [6, 6.07) is 8.62. The third kappa shape index (κ3) is 3.04. The smallest absolute Gasteiger partial charge is 0.341 e. The summed E-state index contributed by atoms with van der Waals surface area (Å²) in [4.78, 5) is 25.9. The van der Waals surface area contributed by atoms with Gasteiger partial charge in [0.15, 0.2) is 0 Å². The van der Waals surface area contributed by atoms with E-state index in [-0.39, 0.29) is 27.9 Å². The number of carbonyl (C=O) groups is 2. The molecule has 2 rings (SSSR count). The Hall–Kier alpha value is -2.60. The summed E-state index contributed by atoms with van der Waals surface area (Å²) in [5, 5.41) is 9.13. The van der Waals surface area contributed by atoms with Crippen LogP contribution in [-0.4, -0.2) is 22.0 Å². The largest absolute Gasteiger partial charge is 0.477 e. The monoisotopic (exact) mass is 292 g/mol. The second-order valence-corrected chi connectivity index (χ2v) is 4.17. The number of hydrogen-bond acceptors (Lipinski definition) is 4. The Kier molecular flexibility index (Phi) is 3.86. The van der Waals surface area contributed by atoms with Crippen LogP contribution in [0, 0.1) is 0 Å². The number of carboxylic acids is 1. The van der Waals surface area contributed by atoms with Gasteiger partial charge in [0, 0.05) is 5.56 Å². The highest BCUT2D eigenvalue weighted by Crippen LogP contribution is 2.25. The minimum absolute atomic E-state index is 0.0936. The van der Waals surface area contributed by atoms with Crippen molar-refractivity contribution in [2.24, 2.45) is 5.73 Å². The number of aromatic carboxylic acids is 1. The third-order valence-electron chi connectivity index (χ3n) is 2.39. The van der Waals surface area contributed by atoms with Crippen LogP contribution in [0.5, 0.6) is 11.6 Å². The van der Waals surface area contributed by atoms with E-state index >= 15 is 0 Å². The molecule has 1 aromatic heterocycles. The van der Waals surface area contributed by atoms with E-state index in [9.17, 15) is 9.59 Å². The number of nitrogens with two attached hydrogens (primary N) is 1. The number of hydrogen-bond donors (Lipinski definition) is 2. The number of amides is 1. The number of carbonyl (C=O) groups excluding carboxylic acids is 1. The molecule has 0 atom stereocenters. The van der Waals surface area contributed by atoms with Crippen LogP contribution in [0.1, 0.15) is 20.7 Å². The van der Waals surface area contributed by atoms with Gasteiger partial charge >= 0.3 is 5.97 Å². The molecule has 2 aromatic rings. The van der Waals surface area contributed by atoms with Crippen LogP contribution in [0.15, 0.2) is 36.4 Å². The standard InChI is InChI=1S/C13H9ClN2O4/c14-10-5-4-9(13(18)19)12(16-10)20-8-3-1-2-7(6-8)11(15)17/h1-6H,(H2,15,17)(H,18,19). The van der Waals surface area contributed by atoms with E-state index in [0.717, 1.165) is 0 Å². The van der Waals surface area contributed by atoms with Gasteiger partial charge in [-0.05, 0) is 30.3 Å². The summed E-state index contributed by atoms with van der Waals surface area (Å²) in [6.45, 7) is 0. The number of primary amides is 1. The maximum atomic E-state index is 11.1. The van der Waals surface area contributed by atoms with Crippen molar-refractivity contribution in [3.63, 3.8) is 0 Å². The molecular formula is C13H9ClN2O4. The molecule has 7 heteroatoms. The normalized spacial score (nSPS) is 10.1. The zero-order chi connectivity index (χ0) is 14.7. The maximum absolute atomic E-state index is 11.1. The fourth-order valence-corrected chi connectivity index (χ4v) is 1.62. The molecule has 0 unspecified atom stereocenters. The van der Waals surface area contributed by atoms with Crippen molar-refractivity contribution >= 4 is 23.5 Å². The first-order valence-corrected chi connectivity index (χ1v) is 5.82. The van der Waals surface area contributed by atoms with Crippen LogP contribution >= 0.6 is 11.6 Å². The number of pyridine rings is 1. The van der Waals surface area contributed by atoms with Crippen LogP contribution in [0.2, 0.25) is 5.15 Å². The molecule has 0 aliphatic heterocycles. The highest BCUT2D eigenvalue weighted by Gasteiger charge is 2.14. The van der Waals surface area contributed by atoms with Gasteiger partial charge in [-0.3, -0.25) is 4.79 Å². The van der Waals surface area contributed by atoms with Gasteiger partial charge in [0.2, 0.25) is 11.8 Å². The molecule has 0 saturated carbocycles. The Morgan fingerprint density at radius 3 is 2.65 bits per heavy atom. The van der Waals surface area contributed by atoms with Crippen molar-refractivity contribution in [3.05, 3.63) is 52.7 Å². The van der Waals surface area contributed by atoms with Crippen molar-refractivity contribution in [2.45, 2.75) is 0 Å². The highest BCUT2D eigenvalue weighted by molar-refractivity contribution is 6.29. The summed E-state index contributed by atoms with van der Waals surface area (Å²) in [6.07, 6.45) is 0. The van der Waals surface area contributed by atoms with E-state index in [0.29, 0.717) is 0 Å². The van der Waals surface area contributed by atoms with Gasteiger partial charge in [-0.2, -0.15) is 0 Å². The SMILES string of the molecule is NC(=O)c1cccc(Oc2nc(Cl)ccc2C(=O)O)c1. The zero-order valence-corrected chi connectivity index (χ0v) is 10.8. The van der Waals surface area contributed by atoms with Gasteiger partial charge in [0.1, 0.15) is 16.5 Å². The zero-order valence-electron chi connectivity index (χ0n) is 10.0. The molecule has 1 amide bonds. The quantitative estimate of drug-likeness (QED) is 0.842. The lowest BCUT2D eigenvalue weighted by atomic mass is 10.2. The van der Waals surface area contributed by atoms with E-state index in [4.69, 9.17) is 27.2 Å². The second kappa shape index (κ2) is 5.58. The van der Waals surface area contributed by atoms with Crippen LogP contribution in [0.3, 0.4) is 0 Å². The minimum atomic E-state index is -1.20. The first-order chi connectivity index (χ1) is 9.47. The first kappa shape index (κ1) is 13.8. The molecule has 0 saturated heterocycles. The molecule has 0 radical (unpaired) electrons. The molecule has 0 spiro atoms. The van der Waals surface area contributed by atoms with Gasteiger partial charge in [0.25, 0.3) is 0 Å². The van der Waals surface area contributed by atoms with E-state index in [1.54, 1.807) is 12.1 Å². The summed E-state index contributed by atoms with van der Waals surface area (Å²) >= 11 is 5.71. The average molecular weight is 293 g/mol. The Bertz CT molecular complexity index is 688. The molecular weight excluding hydrogens is 284 g/mol. The van der Waals surface area contributed by atoms with Gasteiger partial charge < -0.3 is 15.6 Å². The summed E-state index contributed by atoms with van der Waals surface area (Å²) in [5.74, 6) is -1.74. The molecule has 0 aliphatic carbocycles. The van der Waals surface area contributed by atoms with Gasteiger partial charge in [0.05, 0.1) is 0 Å². The lowest BCUT2D eigenvalue weighted by molar-refractivity contribution is 0.0693. The lowest BCUT2D eigenvalue weighted by Gasteiger charge is -2.08. The number of nitrogens with zero attached hydrogens (tertiary/aromatic N) is 1. The number of carboxylic acid groups (broad SMARTS) is 1. The topological polar surface area (TPSA) is 103 Å². The number of ether oxygens (including phenoxy) is 1. The van der Waals surface area contributed by atoms with Crippen LogP contribution in [-0.2, 0) is 0 Å². The first-order valence-electron chi connectivity index (χ1n) is 5.45. The van der Waals surface area contributed by atoms with E-state index < -0.39 is 11.9 Å². The summed E-state index contributed by atoms with van der Waals surface area (Å²) in [7, 11) is 0. The number of rotatable bonds is 4. The molecule has 1 aromatic carbocycles. The Morgan fingerprint density at radius 1 is 1.25 bits per heavy atom. The number of halogens is 1. The third-order valence-corrected chi connectivity index (χ3v) is 2.60. The van der Waals surface area contributed by atoms with Crippen LogP contribution < -0.4 is 10.5 Å². The average Bonchev–Trinajstić information content (AvgIpc) is 2.38. The Balaban J connectivity index is 2.39. The van der Waals surface area contributed by atoms with Gasteiger partial charge in [-0.1, -0.05) is 17.7 Å². The van der Waals surface area contributed by atoms with Crippen molar-refractivity contribution in [1.29, 1.82) is 0 Å². The minimum Gasteiger partial charge on any atom is -0.477 e. The van der Waals surface area contributed by atoms with E-state index in [1.165, 1.54) is 24.3 Å². The van der Waals surface area contributed by atoms with E-state index in [1.807, 2.05) is 0 Å². The molecule has 1 heterocycles. The molecule has 6 nitrogen and oxygen atoms in total. The maximum Gasteiger partial charge on any atom is 0.341 e. The molecule has 102 valence electrons. The predicted octanol–water partition coefficient (Wildman–Crippen LogP) is 2.32. The molecule has 0 aliphatic rings. The van der Waals surface area contributed by atoms with Gasteiger partial charge in [-0.15, -0.1) is 0 Å². The molecule has 20 heavy (non-hydrogen) atoms. The fraction of sp³-hybridized carbons (Fsp3) is 0. The predicted molar refractivity (Wildman–Crippen MR) is 71.2 cm³/mol. The van der Waals surface area contributed by atoms with Crippen LogP contribution in [0.4, 0.5) is 0 Å². The Morgan fingerprint density at radius 2 is 2.00 bits per heavy atom. The van der Waals surface area contributed by atoms with Crippen molar-refractivity contribution in [2.75, 3.05) is 0 Å². The number of benzene rings is 1. The van der Waals surface area contributed by atoms with Crippen molar-refractivity contribution in [1.82, 2.24) is 4.98 Å². The van der Waals surface area contributed by atoms with E-state index in [2.05, 4.69) is 4.98 Å². The highest BCUT2D eigenvalue weighted by atomic mass is 35.5.